The first-order valence-electron chi connectivity index (χ1n) is 8.73. The van der Waals surface area contributed by atoms with Gasteiger partial charge in [-0.2, -0.15) is 4.39 Å². The van der Waals surface area contributed by atoms with Crippen molar-refractivity contribution in [1.82, 2.24) is 0 Å². The van der Waals surface area contributed by atoms with Crippen LogP contribution in [0.3, 0.4) is 0 Å². The van der Waals surface area contributed by atoms with E-state index >= 15 is 0 Å². The molecule has 0 unspecified atom stereocenters. The number of rotatable bonds is 9. The van der Waals surface area contributed by atoms with E-state index in [0.717, 1.165) is 25.7 Å². The molecule has 0 heterocycles. The fourth-order valence-corrected chi connectivity index (χ4v) is 2.83. The molecule has 0 aliphatic heterocycles. The van der Waals surface area contributed by atoms with Gasteiger partial charge in [0.2, 0.25) is 5.82 Å². The van der Waals surface area contributed by atoms with E-state index in [-0.39, 0.29) is 34.3 Å². The Morgan fingerprint density at radius 2 is 1.42 bits per heavy atom. The van der Waals surface area contributed by atoms with Crippen molar-refractivity contribution in [2.24, 2.45) is 0 Å². The third-order valence-corrected chi connectivity index (χ3v) is 4.31. The van der Waals surface area contributed by atoms with Gasteiger partial charge in [-0.3, -0.25) is 0 Å². The normalized spacial score (nSPS) is 10.8. The minimum Gasteiger partial charge on any atom is -0.491 e. The SMILES string of the molecule is CCCCCCOc1ccc(-c2ccc(OCC)c(F)c2Cl)c(F)c1F. The van der Waals surface area contributed by atoms with Gasteiger partial charge in [0.05, 0.1) is 18.2 Å². The van der Waals surface area contributed by atoms with Crippen LogP contribution in [0.4, 0.5) is 13.2 Å². The molecule has 0 saturated heterocycles. The molecular formula is C20H22ClF3O2. The lowest BCUT2D eigenvalue weighted by Crippen LogP contribution is -2.02. The van der Waals surface area contributed by atoms with Crippen LogP contribution in [0.15, 0.2) is 24.3 Å². The van der Waals surface area contributed by atoms with Crippen LogP contribution in [-0.4, -0.2) is 13.2 Å². The zero-order valence-corrected chi connectivity index (χ0v) is 15.6. The van der Waals surface area contributed by atoms with Crippen LogP contribution in [0.5, 0.6) is 11.5 Å². The second-order valence-corrected chi connectivity index (χ2v) is 6.20. The quantitative estimate of drug-likeness (QED) is 0.442. The van der Waals surface area contributed by atoms with Crippen LogP contribution in [0, 0.1) is 17.5 Å². The van der Waals surface area contributed by atoms with Gasteiger partial charge in [0.15, 0.2) is 23.1 Å². The predicted molar refractivity (Wildman–Crippen MR) is 97.6 cm³/mol. The molecule has 0 fully saturated rings. The number of unbranched alkanes of at least 4 members (excludes halogenated alkanes) is 3. The fraction of sp³-hybridized carbons (Fsp3) is 0.400. The maximum atomic E-state index is 14.5. The minimum atomic E-state index is -1.12. The van der Waals surface area contributed by atoms with Crippen molar-refractivity contribution in [3.8, 4) is 22.6 Å². The summed E-state index contributed by atoms with van der Waals surface area (Å²) in [6, 6.07) is 5.41. The smallest absolute Gasteiger partial charge is 0.201 e. The molecule has 0 aliphatic rings. The van der Waals surface area contributed by atoms with E-state index in [2.05, 4.69) is 6.92 Å². The predicted octanol–water partition coefficient (Wildman–Crippen LogP) is 6.78. The number of halogens is 4. The lowest BCUT2D eigenvalue weighted by atomic mass is 10.0. The molecule has 0 spiro atoms. The molecule has 26 heavy (non-hydrogen) atoms. The van der Waals surface area contributed by atoms with Crippen LogP contribution in [0.1, 0.15) is 39.5 Å². The number of hydrogen-bond acceptors (Lipinski definition) is 2. The van der Waals surface area contributed by atoms with Crippen molar-refractivity contribution in [2.75, 3.05) is 13.2 Å². The van der Waals surface area contributed by atoms with Crippen molar-refractivity contribution in [3.63, 3.8) is 0 Å². The largest absolute Gasteiger partial charge is 0.491 e. The van der Waals surface area contributed by atoms with Crippen molar-refractivity contribution >= 4 is 11.6 Å². The molecule has 0 N–H and O–H groups in total. The van der Waals surface area contributed by atoms with Gasteiger partial charge in [-0.1, -0.05) is 37.8 Å². The second-order valence-electron chi connectivity index (χ2n) is 5.82. The van der Waals surface area contributed by atoms with Gasteiger partial charge in [-0.25, -0.2) is 8.78 Å². The van der Waals surface area contributed by atoms with Gasteiger partial charge in [0.1, 0.15) is 0 Å². The third kappa shape index (κ3) is 4.64. The van der Waals surface area contributed by atoms with E-state index in [4.69, 9.17) is 21.1 Å². The highest BCUT2D eigenvalue weighted by Crippen LogP contribution is 2.38. The standard InChI is InChI=1S/C20H22ClF3O2/c1-3-5-6-7-12-26-16-11-9-14(18(22)20(16)24)13-8-10-15(25-4-2)19(23)17(13)21/h8-11H,3-7,12H2,1-2H3. The Kier molecular flexibility index (Phi) is 7.64. The highest BCUT2D eigenvalue weighted by Gasteiger charge is 2.20. The summed E-state index contributed by atoms with van der Waals surface area (Å²) in [4.78, 5) is 0. The topological polar surface area (TPSA) is 18.5 Å². The Labute approximate surface area is 156 Å². The second kappa shape index (κ2) is 9.72. The van der Waals surface area contributed by atoms with Crippen molar-refractivity contribution in [2.45, 2.75) is 39.5 Å². The van der Waals surface area contributed by atoms with E-state index < -0.39 is 17.5 Å². The van der Waals surface area contributed by atoms with E-state index in [1.807, 2.05) is 0 Å². The Bertz CT molecular complexity index is 750. The van der Waals surface area contributed by atoms with Crippen LogP contribution in [0.25, 0.3) is 11.1 Å². The Morgan fingerprint density at radius 3 is 2.08 bits per heavy atom. The van der Waals surface area contributed by atoms with Crippen molar-refractivity contribution in [3.05, 3.63) is 46.7 Å². The van der Waals surface area contributed by atoms with E-state index in [1.54, 1.807) is 6.92 Å². The molecule has 2 aromatic rings. The molecule has 2 aromatic carbocycles. The molecule has 0 bridgehead atoms. The zero-order valence-electron chi connectivity index (χ0n) is 14.9. The Balaban J connectivity index is 2.24. The first-order chi connectivity index (χ1) is 12.5. The average molecular weight is 387 g/mol. The molecular weight excluding hydrogens is 365 g/mol. The van der Waals surface area contributed by atoms with Crippen LogP contribution < -0.4 is 9.47 Å². The van der Waals surface area contributed by atoms with Gasteiger partial charge in [0, 0.05) is 11.1 Å². The molecule has 6 heteroatoms. The third-order valence-electron chi connectivity index (χ3n) is 3.94. The highest BCUT2D eigenvalue weighted by atomic mass is 35.5. The highest BCUT2D eigenvalue weighted by molar-refractivity contribution is 6.33. The van der Waals surface area contributed by atoms with Crippen LogP contribution in [-0.2, 0) is 0 Å². The molecule has 2 nitrogen and oxygen atoms in total. The summed E-state index contributed by atoms with van der Waals surface area (Å²) >= 11 is 5.99. The molecule has 0 aliphatic carbocycles. The maximum absolute atomic E-state index is 14.5. The molecule has 0 radical (unpaired) electrons. The molecule has 0 amide bonds. The molecule has 0 saturated carbocycles. The van der Waals surface area contributed by atoms with Crippen molar-refractivity contribution < 1.29 is 22.6 Å². The summed E-state index contributed by atoms with van der Waals surface area (Å²) in [5, 5.41) is -0.317. The average Bonchev–Trinajstić information content (AvgIpc) is 2.63. The van der Waals surface area contributed by atoms with E-state index in [1.165, 1.54) is 24.3 Å². The first kappa shape index (κ1) is 20.4. The number of ether oxygens (including phenoxy) is 2. The Hall–Kier alpha value is -1.88. The first-order valence-corrected chi connectivity index (χ1v) is 9.11. The maximum Gasteiger partial charge on any atom is 0.201 e. The van der Waals surface area contributed by atoms with Gasteiger partial charge in [-0.05, 0) is 37.6 Å². The van der Waals surface area contributed by atoms with Crippen molar-refractivity contribution in [1.29, 1.82) is 0 Å². The van der Waals surface area contributed by atoms with Gasteiger partial charge in [0.25, 0.3) is 0 Å². The fourth-order valence-electron chi connectivity index (χ4n) is 2.57. The number of benzene rings is 2. The molecule has 142 valence electrons. The summed E-state index contributed by atoms with van der Waals surface area (Å²) in [5.74, 6) is -3.23. The van der Waals surface area contributed by atoms with Crippen LogP contribution >= 0.6 is 11.6 Å². The van der Waals surface area contributed by atoms with E-state index in [9.17, 15) is 13.2 Å². The van der Waals surface area contributed by atoms with Crippen LogP contribution in [0.2, 0.25) is 5.02 Å². The van der Waals surface area contributed by atoms with Gasteiger partial charge >= 0.3 is 0 Å². The summed E-state index contributed by atoms with van der Waals surface area (Å²) < 4.78 is 53.4. The Morgan fingerprint density at radius 1 is 0.769 bits per heavy atom. The molecule has 2 rings (SSSR count). The minimum absolute atomic E-state index is 0.0332. The summed E-state index contributed by atoms with van der Waals surface area (Å²) in [6.07, 6.45) is 3.89. The van der Waals surface area contributed by atoms with Gasteiger partial charge in [-0.15, -0.1) is 0 Å². The molecule has 0 atom stereocenters. The lowest BCUT2D eigenvalue weighted by Gasteiger charge is -2.13. The van der Waals surface area contributed by atoms with E-state index in [0.29, 0.717) is 6.61 Å². The molecule has 0 aromatic heterocycles. The lowest BCUT2D eigenvalue weighted by molar-refractivity contribution is 0.285. The van der Waals surface area contributed by atoms with Gasteiger partial charge < -0.3 is 9.47 Å². The summed E-state index contributed by atoms with van der Waals surface area (Å²) in [6.45, 7) is 4.37. The summed E-state index contributed by atoms with van der Waals surface area (Å²) in [7, 11) is 0. The number of hydrogen-bond donors (Lipinski definition) is 0. The summed E-state index contributed by atoms with van der Waals surface area (Å²) in [5.41, 5.74) is -0.0775. The zero-order chi connectivity index (χ0) is 19.1. The monoisotopic (exact) mass is 386 g/mol.